The average molecular weight is 574 g/mol. The fourth-order valence-electron chi connectivity index (χ4n) is 3.63. The maximum Gasteiger partial charge on any atom is 0.242 e. The molecule has 0 aromatic heterocycles. The largest absolute Gasteiger partial charge is 0.353 e. The first-order valence-corrected chi connectivity index (χ1v) is 15.5. The van der Waals surface area contributed by atoms with E-state index < -0.39 is 25.4 Å². The number of benzene rings is 2. The summed E-state index contributed by atoms with van der Waals surface area (Å²) < 4.78 is 0. The summed E-state index contributed by atoms with van der Waals surface area (Å²) in [5.74, 6) is -0.948. The molecule has 0 spiro atoms. The van der Waals surface area contributed by atoms with E-state index in [-0.39, 0.29) is 24.0 Å². The molecular formula is C30H48N5O4P. The van der Waals surface area contributed by atoms with Crippen LogP contribution in [0.4, 0.5) is 4.79 Å². The number of rotatable bonds is 12. The number of nitrogens with two attached hydrogens (primary N) is 1. The van der Waals surface area contributed by atoms with E-state index in [2.05, 4.69) is 40.3 Å². The molecule has 0 aliphatic rings. The molecule has 0 heterocycles. The zero-order chi connectivity index (χ0) is 30.6. The first kappa shape index (κ1) is 36.7. The molecule has 9 nitrogen and oxygen atoms in total. The molecule has 0 saturated carbocycles. The second kappa shape index (κ2) is 20.6. The van der Waals surface area contributed by atoms with Crippen molar-refractivity contribution in [2.24, 2.45) is 5.73 Å². The summed E-state index contributed by atoms with van der Waals surface area (Å²) in [5.41, 5.74) is 6.90. The van der Waals surface area contributed by atoms with Gasteiger partial charge in [0.15, 0.2) is 0 Å². The van der Waals surface area contributed by atoms with E-state index in [0.29, 0.717) is 25.7 Å². The topological polar surface area (TPSA) is 142 Å². The highest BCUT2D eigenvalue weighted by molar-refractivity contribution is 7.74. The number of aryl methyl sites for hydroxylation is 1. The second-order valence-electron chi connectivity index (χ2n) is 9.62. The molecule has 0 radical (unpaired) electrons. The molecule has 2 aromatic rings. The van der Waals surface area contributed by atoms with E-state index in [0.717, 1.165) is 5.56 Å². The number of hydrogen-bond donors (Lipinski definition) is 5. The minimum absolute atomic E-state index is 0.162. The maximum absolute atomic E-state index is 12.4. The highest BCUT2D eigenvalue weighted by Gasteiger charge is 2.26. The fourth-order valence-corrected chi connectivity index (χ4v) is 5.39. The quantitative estimate of drug-likeness (QED) is 0.247. The van der Waals surface area contributed by atoms with Gasteiger partial charge >= 0.3 is 0 Å². The number of nitrogens with one attached hydrogen (secondary N) is 4. The van der Waals surface area contributed by atoms with Crippen molar-refractivity contribution in [3.05, 3.63) is 71.8 Å². The van der Waals surface area contributed by atoms with Gasteiger partial charge in [-0.3, -0.25) is 19.2 Å². The lowest BCUT2D eigenvalue weighted by atomic mass is 10.1. The summed E-state index contributed by atoms with van der Waals surface area (Å²) in [6, 6.07) is 18.8. The van der Waals surface area contributed by atoms with E-state index in [1.807, 2.05) is 76.2 Å². The van der Waals surface area contributed by atoms with Crippen molar-refractivity contribution in [2.75, 3.05) is 32.5 Å². The molecule has 10 heteroatoms. The van der Waals surface area contributed by atoms with Crippen LogP contribution in [0.1, 0.15) is 45.7 Å². The van der Waals surface area contributed by atoms with Gasteiger partial charge in [0, 0.05) is 32.0 Å². The van der Waals surface area contributed by atoms with E-state index >= 15 is 0 Å². The molecule has 4 amide bonds. The van der Waals surface area contributed by atoms with Gasteiger partial charge in [-0.2, -0.15) is 0 Å². The summed E-state index contributed by atoms with van der Waals surface area (Å²) in [6.45, 7) is 13.4. The van der Waals surface area contributed by atoms with E-state index in [1.165, 1.54) is 12.5 Å². The Hall–Kier alpha value is -3.29. The molecule has 0 aliphatic heterocycles. The number of hydrogen-bond acceptors (Lipinski definition) is 5. The molecule has 2 aromatic carbocycles. The number of carbonyl (C=O) groups excluding carboxylic acids is 4. The van der Waals surface area contributed by atoms with Crippen LogP contribution in [-0.4, -0.2) is 67.4 Å². The highest BCUT2D eigenvalue weighted by atomic mass is 31.1. The van der Waals surface area contributed by atoms with E-state index in [4.69, 9.17) is 5.73 Å². The van der Waals surface area contributed by atoms with Gasteiger partial charge in [0.25, 0.3) is 0 Å². The van der Waals surface area contributed by atoms with Crippen molar-refractivity contribution in [3.63, 3.8) is 0 Å². The Morgan fingerprint density at radius 1 is 0.925 bits per heavy atom. The van der Waals surface area contributed by atoms with Gasteiger partial charge in [-0.15, -0.1) is 0 Å². The van der Waals surface area contributed by atoms with Crippen LogP contribution in [0.3, 0.4) is 0 Å². The van der Waals surface area contributed by atoms with Gasteiger partial charge < -0.3 is 27.0 Å². The maximum atomic E-state index is 12.4. The van der Waals surface area contributed by atoms with Crippen LogP contribution in [-0.2, 0) is 20.8 Å². The third-order valence-corrected chi connectivity index (χ3v) is 7.33. The summed E-state index contributed by atoms with van der Waals surface area (Å²) >= 11 is 0. The highest BCUT2D eigenvalue weighted by Crippen LogP contribution is 2.35. The average Bonchev–Trinajstić information content (AvgIpc) is 2.91. The second-order valence-corrected chi connectivity index (χ2v) is 11.7. The Labute approximate surface area is 241 Å². The Balaban J connectivity index is 0.00000144. The first-order chi connectivity index (χ1) is 18.9. The minimum atomic E-state index is -1.11. The van der Waals surface area contributed by atoms with Crippen LogP contribution >= 0.6 is 7.92 Å². The fraction of sp³-hybridized carbons (Fsp3) is 0.467. The van der Waals surface area contributed by atoms with Crippen LogP contribution in [0.25, 0.3) is 0 Å². The number of amides is 4. The lowest BCUT2D eigenvalue weighted by Gasteiger charge is -2.28. The molecule has 40 heavy (non-hydrogen) atoms. The van der Waals surface area contributed by atoms with Gasteiger partial charge in [-0.1, -0.05) is 80.1 Å². The van der Waals surface area contributed by atoms with Gasteiger partial charge in [0.2, 0.25) is 23.4 Å². The van der Waals surface area contributed by atoms with Crippen molar-refractivity contribution in [3.8, 4) is 0 Å². The predicted molar refractivity (Wildman–Crippen MR) is 166 cm³/mol. The molecule has 222 valence electrons. The molecule has 2 atom stereocenters. The van der Waals surface area contributed by atoms with E-state index in [1.54, 1.807) is 6.66 Å². The Morgan fingerprint density at radius 2 is 1.48 bits per heavy atom. The number of carbonyl (C=O) groups is 4. The zero-order valence-electron chi connectivity index (χ0n) is 25.0. The molecular weight excluding hydrogens is 525 g/mol. The third-order valence-electron chi connectivity index (χ3n) is 5.21. The van der Waals surface area contributed by atoms with Crippen molar-refractivity contribution in [1.29, 1.82) is 0 Å². The van der Waals surface area contributed by atoms with Gasteiger partial charge in [0.1, 0.15) is 6.04 Å². The SMILES string of the molecule is CC.CC(=O)NC(C)(C)CP(C)C(=O)NCC(=O)NC(Cc1ccccc1)C(=O)NCCN.Cc1ccccc1. The molecule has 0 aliphatic carbocycles. The zero-order valence-corrected chi connectivity index (χ0v) is 25.9. The first-order valence-electron chi connectivity index (χ1n) is 13.5. The Morgan fingerprint density at radius 3 is 1.95 bits per heavy atom. The summed E-state index contributed by atoms with van der Waals surface area (Å²) in [5, 5.41) is 10.8. The molecule has 0 bridgehead atoms. The van der Waals surface area contributed by atoms with Crippen molar-refractivity contribution >= 4 is 31.3 Å². The summed E-state index contributed by atoms with van der Waals surface area (Å²) in [7, 11) is -1.11. The molecule has 0 saturated heterocycles. The molecule has 2 rings (SSSR count). The van der Waals surface area contributed by atoms with Crippen LogP contribution in [0.15, 0.2) is 60.7 Å². The monoisotopic (exact) mass is 573 g/mol. The van der Waals surface area contributed by atoms with Crippen LogP contribution in [0.2, 0.25) is 0 Å². The van der Waals surface area contributed by atoms with Crippen LogP contribution in [0, 0.1) is 6.92 Å². The van der Waals surface area contributed by atoms with Crippen LogP contribution < -0.4 is 27.0 Å². The lowest BCUT2D eigenvalue weighted by Crippen LogP contribution is -2.51. The lowest BCUT2D eigenvalue weighted by molar-refractivity contribution is -0.128. The van der Waals surface area contributed by atoms with Gasteiger partial charge in [-0.25, -0.2) is 0 Å². The van der Waals surface area contributed by atoms with Crippen molar-refractivity contribution < 1.29 is 19.2 Å². The molecule has 2 unspecified atom stereocenters. The van der Waals surface area contributed by atoms with Gasteiger partial charge in [0.05, 0.1) is 6.54 Å². The standard InChI is InChI=1S/C21H34N5O4P.C7H8.C2H6/c1-15(27)26-21(2,3)14-31(4)20(30)24-13-18(28)25-17(19(29)23-11-10-22)12-16-8-6-5-7-9-16;1-7-5-3-2-4-6-7;1-2/h5-9,17H,10-14,22H2,1-4H3,(H,23,29)(H,24,30)(H,25,28)(H,26,27);2-6H,1H3;1-2H3. The predicted octanol–water partition coefficient (Wildman–Crippen LogP) is 3.55. The molecule has 0 fully saturated rings. The normalized spacial score (nSPS) is 11.7. The third kappa shape index (κ3) is 17.3. The minimum Gasteiger partial charge on any atom is -0.353 e. The van der Waals surface area contributed by atoms with Gasteiger partial charge in [-0.05, 0) is 47.1 Å². The van der Waals surface area contributed by atoms with Crippen molar-refractivity contribution in [1.82, 2.24) is 21.3 Å². The Kier molecular flexibility index (Phi) is 18.9. The smallest absolute Gasteiger partial charge is 0.242 e. The summed E-state index contributed by atoms with van der Waals surface area (Å²) in [6.07, 6.45) is 0.801. The van der Waals surface area contributed by atoms with Crippen LogP contribution in [0.5, 0.6) is 0 Å². The molecule has 6 N–H and O–H groups in total. The Bertz CT molecular complexity index is 1020. The summed E-state index contributed by atoms with van der Waals surface area (Å²) in [4.78, 5) is 48.5. The van der Waals surface area contributed by atoms with E-state index in [9.17, 15) is 19.2 Å². The van der Waals surface area contributed by atoms with Crippen molar-refractivity contribution in [2.45, 2.75) is 59.5 Å².